The molecule has 0 bridgehead atoms. The molecule has 0 aliphatic heterocycles. The molecule has 0 saturated heterocycles. The van der Waals surface area contributed by atoms with Gasteiger partial charge in [0.2, 0.25) is 5.60 Å². The molecule has 0 aliphatic rings. The maximum absolute atomic E-state index is 11.8. The minimum Gasteiger partial charge on any atom is -0.466 e. The topological polar surface area (TPSA) is 46.5 Å². The van der Waals surface area contributed by atoms with E-state index in [1.807, 2.05) is 10.8 Å². The van der Waals surface area contributed by atoms with Crippen LogP contribution in [0.25, 0.3) is 0 Å². The summed E-state index contributed by atoms with van der Waals surface area (Å²) < 4.78 is 4.69. The fourth-order valence-corrected chi connectivity index (χ4v) is 3.00. The van der Waals surface area contributed by atoms with Gasteiger partial charge < -0.3 is 9.84 Å². The van der Waals surface area contributed by atoms with Crippen LogP contribution in [0.2, 0.25) is 0 Å². The molecule has 0 fully saturated rings. The van der Waals surface area contributed by atoms with E-state index in [0.29, 0.717) is 10.4 Å². The van der Waals surface area contributed by atoms with E-state index in [4.69, 9.17) is 0 Å². The molecule has 3 nitrogen and oxygen atoms in total. The lowest BCUT2D eigenvalue weighted by Gasteiger charge is -2.22. The maximum atomic E-state index is 11.8. The Hall–Kier alpha value is -1.17. The van der Waals surface area contributed by atoms with Gasteiger partial charge in [0.05, 0.1) is 12.0 Å². The van der Waals surface area contributed by atoms with Crippen molar-refractivity contribution in [3.05, 3.63) is 44.8 Å². The molecule has 2 heterocycles. The molecule has 2 rings (SSSR count). The standard InChI is InChI=1S/C11H10O3S2/c1-14-10(12)11(13,8-4-6-15-7-8)9-3-2-5-16-9/h2-7,13H,1H3. The Kier molecular flexibility index (Phi) is 3.09. The number of hydrogen-bond acceptors (Lipinski definition) is 5. The first-order chi connectivity index (χ1) is 7.69. The predicted octanol–water partition coefficient (Wildman–Crippen LogP) is 2.22. The van der Waals surface area contributed by atoms with Crippen molar-refractivity contribution in [1.29, 1.82) is 0 Å². The summed E-state index contributed by atoms with van der Waals surface area (Å²) in [5, 5.41) is 15.9. The van der Waals surface area contributed by atoms with Crippen LogP contribution in [0.1, 0.15) is 10.4 Å². The molecular weight excluding hydrogens is 244 g/mol. The summed E-state index contributed by atoms with van der Waals surface area (Å²) in [7, 11) is 1.27. The third-order valence-electron chi connectivity index (χ3n) is 2.30. The first-order valence-electron chi connectivity index (χ1n) is 4.57. The van der Waals surface area contributed by atoms with Gasteiger partial charge >= 0.3 is 5.97 Å². The number of carbonyl (C=O) groups excluding carboxylic acids is 1. The Bertz CT molecular complexity index is 425. The highest BCUT2D eigenvalue weighted by Gasteiger charge is 2.42. The van der Waals surface area contributed by atoms with Crippen LogP contribution in [-0.4, -0.2) is 18.2 Å². The van der Waals surface area contributed by atoms with E-state index in [9.17, 15) is 9.90 Å². The molecule has 0 spiro atoms. The quantitative estimate of drug-likeness (QED) is 0.854. The zero-order valence-corrected chi connectivity index (χ0v) is 10.2. The van der Waals surface area contributed by atoms with Crippen LogP contribution in [0.15, 0.2) is 34.3 Å². The normalized spacial score (nSPS) is 14.4. The minimum atomic E-state index is -1.68. The minimum absolute atomic E-state index is 0.548. The Balaban J connectivity index is 2.54. The van der Waals surface area contributed by atoms with Gasteiger partial charge in [-0.1, -0.05) is 6.07 Å². The van der Waals surface area contributed by atoms with Gasteiger partial charge in [0.1, 0.15) is 0 Å². The molecule has 2 aromatic heterocycles. The summed E-state index contributed by atoms with van der Waals surface area (Å²) in [6.45, 7) is 0. The van der Waals surface area contributed by atoms with E-state index in [2.05, 4.69) is 4.74 Å². The average Bonchev–Trinajstić information content (AvgIpc) is 2.98. The second kappa shape index (κ2) is 4.37. The average molecular weight is 254 g/mol. The van der Waals surface area contributed by atoms with Crippen LogP contribution in [0, 0.1) is 0 Å². The number of esters is 1. The van der Waals surface area contributed by atoms with E-state index < -0.39 is 11.6 Å². The van der Waals surface area contributed by atoms with Crippen LogP contribution < -0.4 is 0 Å². The first-order valence-corrected chi connectivity index (χ1v) is 6.39. The molecule has 1 unspecified atom stereocenters. The SMILES string of the molecule is COC(=O)C(O)(c1ccsc1)c1cccs1. The van der Waals surface area contributed by atoms with Crippen molar-refractivity contribution >= 4 is 28.6 Å². The zero-order valence-electron chi connectivity index (χ0n) is 8.54. The van der Waals surface area contributed by atoms with Crippen molar-refractivity contribution in [3.8, 4) is 0 Å². The van der Waals surface area contributed by atoms with Gasteiger partial charge in [0.25, 0.3) is 0 Å². The number of ether oxygens (including phenoxy) is 1. The monoisotopic (exact) mass is 254 g/mol. The fourth-order valence-electron chi connectivity index (χ4n) is 1.46. The molecule has 2 aromatic rings. The van der Waals surface area contributed by atoms with Crippen molar-refractivity contribution < 1.29 is 14.6 Å². The zero-order chi connectivity index (χ0) is 11.6. The summed E-state index contributed by atoms with van der Waals surface area (Å²) in [6, 6.07) is 5.24. The van der Waals surface area contributed by atoms with Gasteiger partial charge in [-0.05, 0) is 28.3 Å². The molecule has 1 atom stereocenters. The summed E-state index contributed by atoms with van der Waals surface area (Å²) >= 11 is 2.75. The lowest BCUT2D eigenvalue weighted by molar-refractivity contribution is -0.158. The molecular formula is C11H10O3S2. The van der Waals surface area contributed by atoms with Gasteiger partial charge in [-0.3, -0.25) is 0 Å². The maximum Gasteiger partial charge on any atom is 0.348 e. The Morgan fingerprint density at radius 1 is 1.44 bits per heavy atom. The molecule has 1 N–H and O–H groups in total. The molecule has 16 heavy (non-hydrogen) atoms. The highest BCUT2D eigenvalue weighted by atomic mass is 32.1. The van der Waals surface area contributed by atoms with Crippen LogP contribution >= 0.6 is 22.7 Å². The van der Waals surface area contributed by atoms with Gasteiger partial charge in [0.15, 0.2) is 0 Å². The summed E-state index contributed by atoms with van der Waals surface area (Å²) in [4.78, 5) is 12.3. The highest BCUT2D eigenvalue weighted by Crippen LogP contribution is 2.34. The summed E-state index contributed by atoms with van der Waals surface area (Å²) in [5.74, 6) is -0.659. The van der Waals surface area contributed by atoms with Crippen molar-refractivity contribution in [2.45, 2.75) is 5.60 Å². The third kappa shape index (κ3) is 1.67. The number of rotatable bonds is 3. The summed E-state index contributed by atoms with van der Waals surface area (Å²) in [6.07, 6.45) is 0. The number of hydrogen-bond donors (Lipinski definition) is 1. The van der Waals surface area contributed by atoms with E-state index in [0.717, 1.165) is 0 Å². The van der Waals surface area contributed by atoms with E-state index in [1.165, 1.54) is 29.8 Å². The Morgan fingerprint density at radius 3 is 2.75 bits per heavy atom. The van der Waals surface area contributed by atoms with E-state index in [-0.39, 0.29) is 0 Å². The Morgan fingerprint density at radius 2 is 2.25 bits per heavy atom. The van der Waals surface area contributed by atoms with Crippen LogP contribution in [0.4, 0.5) is 0 Å². The predicted molar refractivity (Wildman–Crippen MR) is 63.7 cm³/mol. The van der Waals surface area contributed by atoms with Crippen molar-refractivity contribution in [3.63, 3.8) is 0 Å². The van der Waals surface area contributed by atoms with Crippen LogP contribution in [-0.2, 0) is 15.1 Å². The van der Waals surface area contributed by atoms with Crippen LogP contribution in [0.5, 0.6) is 0 Å². The summed E-state index contributed by atoms with van der Waals surface area (Å²) in [5.41, 5.74) is -1.13. The van der Waals surface area contributed by atoms with Crippen molar-refractivity contribution in [2.75, 3.05) is 7.11 Å². The van der Waals surface area contributed by atoms with E-state index >= 15 is 0 Å². The number of methoxy groups -OCH3 is 1. The van der Waals surface area contributed by atoms with Crippen LogP contribution in [0.3, 0.4) is 0 Å². The lowest BCUT2D eigenvalue weighted by Crippen LogP contribution is -2.36. The molecule has 0 aromatic carbocycles. The lowest BCUT2D eigenvalue weighted by atomic mass is 9.95. The first kappa shape index (κ1) is 11.3. The number of thiophene rings is 2. The third-order valence-corrected chi connectivity index (χ3v) is 3.96. The second-order valence-corrected chi connectivity index (χ2v) is 4.92. The number of carbonyl (C=O) groups is 1. The van der Waals surface area contributed by atoms with E-state index in [1.54, 1.807) is 23.6 Å². The largest absolute Gasteiger partial charge is 0.466 e. The van der Waals surface area contributed by atoms with Gasteiger partial charge in [-0.2, -0.15) is 11.3 Å². The molecule has 84 valence electrons. The second-order valence-electron chi connectivity index (χ2n) is 3.19. The molecule has 5 heteroatoms. The molecule has 0 aliphatic carbocycles. The molecule has 0 saturated carbocycles. The van der Waals surface area contributed by atoms with Crippen molar-refractivity contribution in [2.24, 2.45) is 0 Å². The van der Waals surface area contributed by atoms with Crippen molar-refractivity contribution in [1.82, 2.24) is 0 Å². The molecule has 0 amide bonds. The fraction of sp³-hybridized carbons (Fsp3) is 0.182. The Labute approximate surface area is 101 Å². The van der Waals surface area contributed by atoms with Gasteiger partial charge in [-0.25, -0.2) is 4.79 Å². The van der Waals surface area contributed by atoms with Gasteiger partial charge in [-0.15, -0.1) is 11.3 Å². The molecule has 0 radical (unpaired) electrons. The number of aliphatic hydroxyl groups is 1. The smallest absolute Gasteiger partial charge is 0.348 e. The highest BCUT2D eigenvalue weighted by molar-refractivity contribution is 7.10. The van der Waals surface area contributed by atoms with Gasteiger partial charge in [0, 0.05) is 5.56 Å².